The zero-order chi connectivity index (χ0) is 13.4. The molecule has 1 aliphatic rings. The van der Waals surface area contributed by atoms with E-state index in [1.165, 1.54) is 0 Å². The van der Waals surface area contributed by atoms with Gasteiger partial charge in [-0.25, -0.2) is 8.78 Å². The number of rotatable bonds is 2. The van der Waals surface area contributed by atoms with Crippen LogP contribution in [0.25, 0.3) is 0 Å². The lowest BCUT2D eigenvalue weighted by molar-refractivity contribution is -0.385. The normalized spacial score (nSPS) is 19.4. The summed E-state index contributed by atoms with van der Waals surface area (Å²) in [4.78, 5) is 21.9. The summed E-state index contributed by atoms with van der Waals surface area (Å²) in [6, 6.07) is 1.21. The molecule has 8 heteroatoms. The van der Waals surface area contributed by atoms with Crippen LogP contribution >= 0.6 is 15.9 Å². The van der Waals surface area contributed by atoms with Crippen molar-refractivity contribution in [2.24, 2.45) is 0 Å². The van der Waals surface area contributed by atoms with Crippen LogP contribution in [-0.4, -0.2) is 22.2 Å². The summed E-state index contributed by atoms with van der Waals surface area (Å²) in [5.74, 6) is -2.66. The Hall–Kier alpha value is -1.57. The number of benzene rings is 1. The fourth-order valence-electron chi connectivity index (χ4n) is 1.80. The molecule has 0 saturated carbocycles. The van der Waals surface area contributed by atoms with Crippen molar-refractivity contribution >= 4 is 33.2 Å². The molecule has 1 atom stereocenters. The highest BCUT2D eigenvalue weighted by Gasteiger charge is 2.33. The number of amides is 1. The maximum atomic E-state index is 13.7. The van der Waals surface area contributed by atoms with E-state index in [0.29, 0.717) is 12.1 Å². The number of alkyl halides is 1. The third-order valence-electron chi connectivity index (χ3n) is 2.56. The molecule has 5 nitrogen and oxygen atoms in total. The Morgan fingerprint density at radius 3 is 2.33 bits per heavy atom. The number of carbonyl (C=O) groups is 1. The largest absolute Gasteiger partial charge is 0.306 e. The predicted octanol–water partition coefficient (Wildman–Crippen LogP) is 2.37. The average molecular weight is 321 g/mol. The molecule has 2 rings (SSSR count). The van der Waals surface area contributed by atoms with Gasteiger partial charge in [0.15, 0.2) is 11.6 Å². The van der Waals surface area contributed by atoms with E-state index in [9.17, 15) is 23.7 Å². The summed E-state index contributed by atoms with van der Waals surface area (Å²) in [5.41, 5.74) is -1.22. The Bertz CT molecular complexity index is 515. The third kappa shape index (κ3) is 2.20. The topological polar surface area (TPSA) is 63.5 Å². The van der Waals surface area contributed by atoms with Crippen molar-refractivity contribution in [3.8, 4) is 0 Å². The van der Waals surface area contributed by atoms with Gasteiger partial charge in [0.05, 0.1) is 17.1 Å². The molecule has 0 N–H and O–H groups in total. The Morgan fingerprint density at radius 2 is 1.94 bits per heavy atom. The van der Waals surface area contributed by atoms with Crippen LogP contribution in [-0.2, 0) is 4.79 Å². The van der Waals surface area contributed by atoms with Crippen LogP contribution in [0.4, 0.5) is 20.2 Å². The molecule has 1 heterocycles. The van der Waals surface area contributed by atoms with Crippen LogP contribution in [0.1, 0.15) is 6.42 Å². The van der Waals surface area contributed by atoms with Gasteiger partial charge in [0.1, 0.15) is 5.69 Å². The minimum Gasteiger partial charge on any atom is -0.306 e. The smallest absolute Gasteiger partial charge is 0.275 e. The van der Waals surface area contributed by atoms with Gasteiger partial charge in [-0.3, -0.25) is 14.9 Å². The molecule has 0 aromatic heterocycles. The first kappa shape index (κ1) is 12.9. The van der Waals surface area contributed by atoms with Gasteiger partial charge >= 0.3 is 0 Å². The number of non-ortho nitro benzene ring substituents is 1. The molecule has 0 radical (unpaired) electrons. The van der Waals surface area contributed by atoms with Crippen LogP contribution in [0.5, 0.6) is 0 Å². The standard InChI is InChI=1S/C10H7BrF2N2O3/c11-5-1-9(16)14(4-5)10-7(12)2-6(15(17)18)3-8(10)13/h2-3,5H,1,4H2. The second-order valence-electron chi connectivity index (χ2n) is 3.82. The van der Waals surface area contributed by atoms with E-state index in [0.717, 1.165) is 4.90 Å². The lowest BCUT2D eigenvalue weighted by Gasteiger charge is -2.17. The summed E-state index contributed by atoms with van der Waals surface area (Å²) in [5, 5.41) is 10.4. The molecule has 1 saturated heterocycles. The van der Waals surface area contributed by atoms with Crippen molar-refractivity contribution in [1.82, 2.24) is 0 Å². The Kier molecular flexibility index (Phi) is 3.29. The SMILES string of the molecule is O=C1CC(Br)CN1c1c(F)cc([N+](=O)[O-])cc1F. The van der Waals surface area contributed by atoms with Crippen LogP contribution < -0.4 is 4.90 Å². The van der Waals surface area contributed by atoms with Crippen LogP contribution in [0, 0.1) is 21.7 Å². The molecular weight excluding hydrogens is 314 g/mol. The van der Waals surface area contributed by atoms with Crippen LogP contribution in [0.2, 0.25) is 0 Å². The number of carbonyl (C=O) groups excluding carboxylic acids is 1. The van der Waals surface area contributed by atoms with Crippen molar-refractivity contribution in [2.45, 2.75) is 11.2 Å². The Labute approximate surface area is 109 Å². The Morgan fingerprint density at radius 1 is 1.39 bits per heavy atom. The molecule has 1 aromatic carbocycles. The summed E-state index contributed by atoms with van der Waals surface area (Å²) in [6.45, 7) is 0.129. The molecular formula is C10H7BrF2N2O3. The molecule has 0 spiro atoms. The van der Waals surface area contributed by atoms with Crippen molar-refractivity contribution < 1.29 is 18.5 Å². The number of nitro benzene ring substituents is 1. The van der Waals surface area contributed by atoms with Crippen LogP contribution in [0.15, 0.2) is 12.1 Å². The van der Waals surface area contributed by atoms with Gasteiger partial charge in [-0.2, -0.15) is 0 Å². The molecule has 1 amide bonds. The minimum absolute atomic E-state index is 0.129. The number of anilines is 1. The van der Waals surface area contributed by atoms with E-state index in [4.69, 9.17) is 0 Å². The molecule has 1 unspecified atom stereocenters. The zero-order valence-electron chi connectivity index (χ0n) is 8.90. The molecule has 1 aromatic rings. The highest BCUT2D eigenvalue weighted by Crippen LogP contribution is 2.32. The lowest BCUT2D eigenvalue weighted by Crippen LogP contribution is -2.26. The average Bonchev–Trinajstić information content (AvgIpc) is 2.56. The van der Waals surface area contributed by atoms with Gasteiger partial charge < -0.3 is 4.90 Å². The van der Waals surface area contributed by atoms with E-state index in [2.05, 4.69) is 15.9 Å². The highest BCUT2D eigenvalue weighted by molar-refractivity contribution is 9.09. The molecule has 96 valence electrons. The van der Waals surface area contributed by atoms with Gasteiger partial charge in [0.25, 0.3) is 5.69 Å². The first-order chi connectivity index (χ1) is 8.40. The number of halogens is 3. The van der Waals surface area contributed by atoms with Crippen molar-refractivity contribution in [3.63, 3.8) is 0 Å². The predicted molar refractivity (Wildman–Crippen MR) is 62.7 cm³/mol. The van der Waals surface area contributed by atoms with Gasteiger partial charge in [-0.1, -0.05) is 15.9 Å². The fourth-order valence-corrected chi connectivity index (χ4v) is 2.36. The van der Waals surface area contributed by atoms with Gasteiger partial charge in [0, 0.05) is 17.8 Å². The van der Waals surface area contributed by atoms with Crippen molar-refractivity contribution in [3.05, 3.63) is 33.9 Å². The molecule has 1 fully saturated rings. The van der Waals surface area contributed by atoms with Crippen LogP contribution in [0.3, 0.4) is 0 Å². The van der Waals surface area contributed by atoms with E-state index < -0.39 is 33.8 Å². The lowest BCUT2D eigenvalue weighted by atomic mass is 10.2. The fraction of sp³-hybridized carbons (Fsp3) is 0.300. The second-order valence-corrected chi connectivity index (χ2v) is 5.12. The van der Waals surface area contributed by atoms with E-state index >= 15 is 0 Å². The molecule has 1 aliphatic heterocycles. The number of nitro groups is 1. The second kappa shape index (κ2) is 4.60. The summed E-state index contributed by atoms with van der Waals surface area (Å²) < 4.78 is 27.3. The Balaban J connectivity index is 2.46. The molecule has 0 aliphatic carbocycles. The maximum Gasteiger partial charge on any atom is 0.275 e. The summed E-state index contributed by atoms with van der Waals surface area (Å²) >= 11 is 3.19. The minimum atomic E-state index is -1.11. The first-order valence-electron chi connectivity index (χ1n) is 4.98. The van der Waals surface area contributed by atoms with Gasteiger partial charge in [0.2, 0.25) is 5.91 Å². The van der Waals surface area contributed by atoms with Gasteiger partial charge in [-0.15, -0.1) is 0 Å². The molecule has 18 heavy (non-hydrogen) atoms. The number of nitrogens with zero attached hydrogens (tertiary/aromatic N) is 2. The van der Waals surface area contributed by atoms with E-state index in [1.807, 2.05) is 0 Å². The monoisotopic (exact) mass is 320 g/mol. The number of hydrogen-bond acceptors (Lipinski definition) is 3. The highest BCUT2D eigenvalue weighted by atomic mass is 79.9. The quantitative estimate of drug-likeness (QED) is 0.477. The van der Waals surface area contributed by atoms with Crippen molar-refractivity contribution in [2.75, 3.05) is 11.4 Å². The van der Waals surface area contributed by atoms with E-state index in [1.54, 1.807) is 0 Å². The third-order valence-corrected chi connectivity index (χ3v) is 3.17. The van der Waals surface area contributed by atoms with Crippen molar-refractivity contribution in [1.29, 1.82) is 0 Å². The molecule has 0 bridgehead atoms. The van der Waals surface area contributed by atoms with E-state index in [-0.39, 0.29) is 17.8 Å². The maximum absolute atomic E-state index is 13.7. The summed E-state index contributed by atoms with van der Waals surface area (Å²) in [7, 11) is 0. The number of hydrogen-bond donors (Lipinski definition) is 0. The summed E-state index contributed by atoms with van der Waals surface area (Å²) in [6.07, 6.45) is 0.135. The zero-order valence-corrected chi connectivity index (χ0v) is 10.5. The van der Waals surface area contributed by atoms with Gasteiger partial charge in [-0.05, 0) is 0 Å². The first-order valence-corrected chi connectivity index (χ1v) is 5.89.